The van der Waals surface area contributed by atoms with Gasteiger partial charge in [0.25, 0.3) is 5.91 Å². The van der Waals surface area contributed by atoms with Crippen LogP contribution >= 0.6 is 12.4 Å². The lowest BCUT2D eigenvalue weighted by atomic mass is 9.99. The first-order valence-electron chi connectivity index (χ1n) is 8.74. The molecule has 0 atom stereocenters. The van der Waals surface area contributed by atoms with E-state index < -0.39 is 5.82 Å². The van der Waals surface area contributed by atoms with E-state index in [9.17, 15) is 14.0 Å². The Morgan fingerprint density at radius 2 is 1.89 bits per heavy atom. The summed E-state index contributed by atoms with van der Waals surface area (Å²) in [4.78, 5) is 25.9. The number of rotatable bonds is 6. The first-order valence-corrected chi connectivity index (χ1v) is 8.74. The van der Waals surface area contributed by atoms with Gasteiger partial charge in [0, 0.05) is 31.7 Å². The number of amides is 2. The van der Waals surface area contributed by atoms with Crippen LogP contribution in [0.5, 0.6) is 0 Å². The van der Waals surface area contributed by atoms with Crippen molar-refractivity contribution in [2.45, 2.75) is 19.3 Å². The molecule has 0 saturated carbocycles. The first-order chi connectivity index (χ1) is 12.6. The summed E-state index contributed by atoms with van der Waals surface area (Å²) in [7, 11) is 0. The Morgan fingerprint density at radius 1 is 1.15 bits per heavy atom. The number of nitrogens with zero attached hydrogens (tertiary/aromatic N) is 1. The minimum absolute atomic E-state index is 0. The second kappa shape index (κ2) is 9.48. The minimum Gasteiger partial charge on any atom is -0.337 e. The van der Waals surface area contributed by atoms with Crippen molar-refractivity contribution >= 4 is 29.9 Å². The van der Waals surface area contributed by atoms with Gasteiger partial charge in [-0.3, -0.25) is 9.59 Å². The van der Waals surface area contributed by atoms with Crippen LogP contribution in [-0.2, 0) is 17.6 Å². The molecule has 5 nitrogen and oxygen atoms in total. The summed E-state index contributed by atoms with van der Waals surface area (Å²) in [5.74, 6) is -1.13. The van der Waals surface area contributed by atoms with Crippen LogP contribution in [0.25, 0.3) is 0 Å². The van der Waals surface area contributed by atoms with Crippen molar-refractivity contribution in [1.82, 2.24) is 4.90 Å². The molecule has 7 heteroatoms. The fourth-order valence-electron chi connectivity index (χ4n) is 3.12. The van der Waals surface area contributed by atoms with Gasteiger partial charge in [0.05, 0.1) is 5.56 Å². The maximum absolute atomic E-state index is 14.5. The Hall–Kier alpha value is -2.44. The predicted molar refractivity (Wildman–Crippen MR) is 106 cm³/mol. The number of carbonyl (C=O) groups is 2. The molecule has 0 saturated heterocycles. The highest BCUT2D eigenvalue weighted by atomic mass is 35.5. The third kappa shape index (κ3) is 5.05. The molecule has 27 heavy (non-hydrogen) atoms. The molecule has 3 rings (SSSR count). The Kier molecular flexibility index (Phi) is 7.33. The zero-order chi connectivity index (χ0) is 18.5. The first kappa shape index (κ1) is 20.9. The van der Waals surface area contributed by atoms with E-state index in [0.717, 1.165) is 11.1 Å². The maximum Gasteiger partial charge on any atom is 0.256 e. The van der Waals surface area contributed by atoms with Gasteiger partial charge in [0.2, 0.25) is 5.91 Å². The van der Waals surface area contributed by atoms with Gasteiger partial charge in [-0.2, -0.15) is 0 Å². The van der Waals surface area contributed by atoms with Crippen LogP contribution in [0.4, 0.5) is 10.1 Å². The highest BCUT2D eigenvalue weighted by molar-refractivity contribution is 5.98. The predicted octanol–water partition coefficient (Wildman–Crippen LogP) is 2.78. The fraction of sp³-hybridized carbons (Fsp3) is 0.300. The smallest absolute Gasteiger partial charge is 0.256 e. The topological polar surface area (TPSA) is 75.4 Å². The van der Waals surface area contributed by atoms with E-state index in [2.05, 4.69) is 5.32 Å². The van der Waals surface area contributed by atoms with Crippen molar-refractivity contribution in [3.8, 4) is 0 Å². The molecule has 0 bridgehead atoms. The van der Waals surface area contributed by atoms with Gasteiger partial charge in [-0.05, 0) is 36.1 Å². The lowest BCUT2D eigenvalue weighted by Crippen LogP contribution is -2.37. The van der Waals surface area contributed by atoms with E-state index in [1.165, 1.54) is 6.07 Å². The SMILES string of the molecule is Cl.NCCN(CCc1ccccc1)C(=O)c1cc2c(cc1F)NC(=O)CC2. The normalized spacial score (nSPS) is 12.6. The van der Waals surface area contributed by atoms with Gasteiger partial charge < -0.3 is 16.0 Å². The Bertz CT molecular complexity index is 814. The summed E-state index contributed by atoms with van der Waals surface area (Å²) in [6.45, 7) is 1.13. The van der Waals surface area contributed by atoms with Crippen LogP contribution in [0.15, 0.2) is 42.5 Å². The molecule has 0 radical (unpaired) electrons. The molecule has 0 fully saturated rings. The number of hydrogen-bond donors (Lipinski definition) is 2. The summed E-state index contributed by atoms with van der Waals surface area (Å²) >= 11 is 0. The summed E-state index contributed by atoms with van der Waals surface area (Å²) in [6, 6.07) is 12.6. The summed E-state index contributed by atoms with van der Waals surface area (Å²) in [5.41, 5.74) is 8.01. The van der Waals surface area contributed by atoms with Crippen LogP contribution in [0.2, 0.25) is 0 Å². The summed E-state index contributed by atoms with van der Waals surface area (Å²) in [5, 5.41) is 2.64. The average molecular weight is 392 g/mol. The Labute approximate surface area is 164 Å². The molecule has 2 aromatic carbocycles. The molecular weight excluding hydrogens is 369 g/mol. The maximum atomic E-state index is 14.5. The van der Waals surface area contributed by atoms with Gasteiger partial charge in [0.15, 0.2) is 0 Å². The van der Waals surface area contributed by atoms with Crippen molar-refractivity contribution in [2.75, 3.05) is 25.0 Å². The number of aryl methyl sites for hydroxylation is 1. The lowest BCUT2D eigenvalue weighted by molar-refractivity contribution is -0.116. The molecule has 0 spiro atoms. The van der Waals surface area contributed by atoms with Gasteiger partial charge >= 0.3 is 0 Å². The number of nitrogens with one attached hydrogen (secondary N) is 1. The van der Waals surface area contributed by atoms with E-state index in [4.69, 9.17) is 5.73 Å². The van der Waals surface area contributed by atoms with E-state index in [-0.39, 0.29) is 29.8 Å². The van der Waals surface area contributed by atoms with Gasteiger partial charge in [-0.15, -0.1) is 12.4 Å². The second-order valence-corrected chi connectivity index (χ2v) is 6.35. The summed E-state index contributed by atoms with van der Waals surface area (Å²) in [6.07, 6.45) is 1.52. The minimum atomic E-state index is -0.627. The monoisotopic (exact) mass is 391 g/mol. The van der Waals surface area contributed by atoms with Crippen molar-refractivity contribution < 1.29 is 14.0 Å². The number of carbonyl (C=O) groups excluding carboxylic acids is 2. The van der Waals surface area contributed by atoms with Crippen molar-refractivity contribution in [1.29, 1.82) is 0 Å². The van der Waals surface area contributed by atoms with Gasteiger partial charge in [-0.1, -0.05) is 30.3 Å². The standard InChI is InChI=1S/C20H22FN3O2.ClH/c21-17-13-18-15(6-7-19(25)23-18)12-16(17)20(26)24(11-9-22)10-8-14-4-2-1-3-5-14;/h1-5,12-13H,6-11,22H2,(H,23,25);1H. The van der Waals surface area contributed by atoms with Crippen molar-refractivity contribution in [3.63, 3.8) is 0 Å². The van der Waals surface area contributed by atoms with E-state index in [0.29, 0.717) is 44.6 Å². The largest absolute Gasteiger partial charge is 0.337 e. The number of fused-ring (bicyclic) bond motifs is 1. The highest BCUT2D eigenvalue weighted by Crippen LogP contribution is 2.26. The summed E-state index contributed by atoms with van der Waals surface area (Å²) < 4.78 is 14.5. The Balaban J connectivity index is 0.00000261. The number of hydrogen-bond acceptors (Lipinski definition) is 3. The highest BCUT2D eigenvalue weighted by Gasteiger charge is 2.23. The molecule has 1 aliphatic rings. The molecule has 0 unspecified atom stereocenters. The van der Waals surface area contributed by atoms with Gasteiger partial charge in [0.1, 0.15) is 5.82 Å². The molecule has 144 valence electrons. The lowest BCUT2D eigenvalue weighted by Gasteiger charge is -2.24. The second-order valence-electron chi connectivity index (χ2n) is 6.35. The van der Waals surface area contributed by atoms with Gasteiger partial charge in [-0.25, -0.2) is 4.39 Å². The quantitative estimate of drug-likeness (QED) is 0.795. The zero-order valence-corrected chi connectivity index (χ0v) is 15.7. The third-order valence-corrected chi connectivity index (χ3v) is 4.52. The molecular formula is C20H23ClFN3O2. The number of nitrogens with two attached hydrogens (primary N) is 1. The van der Waals surface area contributed by atoms with Crippen LogP contribution < -0.4 is 11.1 Å². The molecule has 1 aliphatic heterocycles. The van der Waals surface area contributed by atoms with E-state index in [1.807, 2.05) is 30.3 Å². The number of halogens is 2. The fourth-order valence-corrected chi connectivity index (χ4v) is 3.12. The molecule has 2 aromatic rings. The zero-order valence-electron chi connectivity index (χ0n) is 14.9. The van der Waals surface area contributed by atoms with Crippen molar-refractivity contribution in [2.24, 2.45) is 5.73 Å². The van der Waals surface area contributed by atoms with Crippen LogP contribution in [0.1, 0.15) is 27.9 Å². The van der Waals surface area contributed by atoms with E-state index in [1.54, 1.807) is 11.0 Å². The average Bonchev–Trinajstić information content (AvgIpc) is 2.65. The molecule has 0 aromatic heterocycles. The molecule has 1 heterocycles. The van der Waals surface area contributed by atoms with Crippen LogP contribution in [0, 0.1) is 5.82 Å². The van der Waals surface area contributed by atoms with Crippen LogP contribution in [-0.4, -0.2) is 36.3 Å². The van der Waals surface area contributed by atoms with Crippen LogP contribution in [0.3, 0.4) is 0 Å². The van der Waals surface area contributed by atoms with E-state index >= 15 is 0 Å². The van der Waals surface area contributed by atoms with Crippen molar-refractivity contribution in [3.05, 3.63) is 65.0 Å². The number of benzene rings is 2. The molecule has 0 aliphatic carbocycles. The molecule has 2 amide bonds. The Morgan fingerprint density at radius 3 is 2.59 bits per heavy atom. The third-order valence-electron chi connectivity index (χ3n) is 4.52. The molecule has 3 N–H and O–H groups in total. The number of anilines is 1.